The fourth-order valence-electron chi connectivity index (χ4n) is 3.67. The van der Waals surface area contributed by atoms with Crippen LogP contribution in [-0.4, -0.2) is 48.0 Å². The summed E-state index contributed by atoms with van der Waals surface area (Å²) in [6.45, 7) is 1.37. The van der Waals surface area contributed by atoms with E-state index in [1.54, 1.807) is 37.3 Å². The number of anilines is 1. The van der Waals surface area contributed by atoms with E-state index >= 15 is 0 Å². The lowest BCUT2D eigenvalue weighted by Gasteiger charge is -2.20. The molecule has 4 rings (SSSR count). The molecule has 1 amide bonds. The molecule has 2 aromatic heterocycles. The predicted molar refractivity (Wildman–Crippen MR) is 128 cm³/mol. The number of carbonyl (C=O) groups excluding carboxylic acids is 1. The molecule has 2 heterocycles. The molecule has 1 unspecified atom stereocenters. The summed E-state index contributed by atoms with van der Waals surface area (Å²) in [4.78, 5) is 13.2. The van der Waals surface area contributed by atoms with Crippen molar-refractivity contribution in [2.24, 2.45) is 0 Å². The van der Waals surface area contributed by atoms with Crippen LogP contribution in [0.25, 0.3) is 5.69 Å². The van der Waals surface area contributed by atoms with Gasteiger partial charge in [0.1, 0.15) is 6.54 Å². The molecule has 2 aromatic carbocycles. The number of tetrazole rings is 1. The molecule has 0 spiro atoms. The first-order chi connectivity index (χ1) is 18.0. The van der Waals surface area contributed by atoms with E-state index in [0.29, 0.717) is 11.3 Å². The fraction of sp³-hybridized carbons (Fsp3) is 0.217. The van der Waals surface area contributed by atoms with Gasteiger partial charge in [0.2, 0.25) is 0 Å². The number of alkyl halides is 3. The van der Waals surface area contributed by atoms with Crippen LogP contribution < -0.4 is 10.6 Å². The summed E-state index contributed by atoms with van der Waals surface area (Å²) in [7, 11) is 1.43. The number of benzene rings is 2. The number of aryl methyl sites for hydroxylation is 1. The number of aromatic nitrogens is 6. The number of nitrogens with zero attached hydrogens (tertiary/aromatic N) is 7. The second-order valence-corrected chi connectivity index (χ2v) is 8.43. The van der Waals surface area contributed by atoms with Crippen LogP contribution >= 0.6 is 11.6 Å². The number of hydrogen-bond acceptors (Lipinski definition) is 8. The van der Waals surface area contributed by atoms with Gasteiger partial charge in [-0.1, -0.05) is 23.7 Å². The third-order valence-corrected chi connectivity index (χ3v) is 5.70. The monoisotopic (exact) mass is 545 g/mol. The summed E-state index contributed by atoms with van der Waals surface area (Å²) in [6.07, 6.45) is -6.24. The van der Waals surface area contributed by atoms with Gasteiger partial charge in [-0.05, 0) is 48.0 Å². The average molecular weight is 546 g/mol. The standard InChI is InChI=1S/C23H19ClF3N9O2/c1-12-7-13(10-28)8-15(20(37)29-2)19(12)30-21(38)18-9-14(11-35-33-22(31-34-35)23(25,26)27)32-36(18)17-6-4-3-5-16(17)24/h3-9,21,30,38H,11H2,1-2H3,(H,29,37). The third kappa shape index (κ3) is 5.43. The van der Waals surface area contributed by atoms with Crippen molar-refractivity contribution < 1.29 is 23.1 Å². The smallest absolute Gasteiger partial charge is 0.368 e. The third-order valence-electron chi connectivity index (χ3n) is 5.38. The van der Waals surface area contributed by atoms with Crippen LogP contribution in [0, 0.1) is 18.3 Å². The maximum atomic E-state index is 12.9. The van der Waals surface area contributed by atoms with Gasteiger partial charge in [0.25, 0.3) is 11.7 Å². The minimum absolute atomic E-state index is 0.124. The second kappa shape index (κ2) is 10.5. The highest BCUT2D eigenvalue weighted by molar-refractivity contribution is 6.32. The molecule has 0 aliphatic rings. The first kappa shape index (κ1) is 26.6. The molecule has 0 bridgehead atoms. The van der Waals surface area contributed by atoms with Crippen molar-refractivity contribution in [2.75, 3.05) is 12.4 Å². The summed E-state index contributed by atoms with van der Waals surface area (Å²) in [5, 5.41) is 40.3. The van der Waals surface area contributed by atoms with Gasteiger partial charge in [0.05, 0.1) is 45.0 Å². The molecule has 0 fully saturated rings. The fourth-order valence-corrected chi connectivity index (χ4v) is 3.89. The zero-order valence-electron chi connectivity index (χ0n) is 19.8. The Morgan fingerprint density at radius 1 is 1.24 bits per heavy atom. The van der Waals surface area contributed by atoms with Crippen LogP contribution in [0.1, 0.15) is 44.9 Å². The molecule has 0 aliphatic heterocycles. The first-order valence-electron chi connectivity index (χ1n) is 10.9. The molecule has 3 N–H and O–H groups in total. The molecule has 38 heavy (non-hydrogen) atoms. The van der Waals surface area contributed by atoms with Gasteiger partial charge in [-0.3, -0.25) is 4.79 Å². The maximum absolute atomic E-state index is 12.9. The minimum Gasteiger partial charge on any atom is -0.368 e. The van der Waals surface area contributed by atoms with Gasteiger partial charge in [0.15, 0.2) is 6.23 Å². The van der Waals surface area contributed by atoms with Crippen molar-refractivity contribution in [2.45, 2.75) is 25.9 Å². The van der Waals surface area contributed by atoms with Crippen LogP contribution in [0.5, 0.6) is 0 Å². The number of para-hydroxylation sites is 1. The topological polar surface area (TPSA) is 147 Å². The Morgan fingerprint density at radius 2 is 1.97 bits per heavy atom. The van der Waals surface area contributed by atoms with E-state index in [4.69, 9.17) is 11.6 Å². The van der Waals surface area contributed by atoms with Gasteiger partial charge in [0, 0.05) is 7.05 Å². The Kier molecular flexibility index (Phi) is 7.33. The van der Waals surface area contributed by atoms with E-state index in [0.717, 1.165) is 4.80 Å². The van der Waals surface area contributed by atoms with Crippen LogP contribution in [0.15, 0.2) is 42.5 Å². The van der Waals surface area contributed by atoms with Crippen LogP contribution in [0.2, 0.25) is 5.02 Å². The number of nitriles is 1. The van der Waals surface area contributed by atoms with E-state index in [2.05, 4.69) is 31.1 Å². The number of aliphatic hydroxyl groups excluding tert-OH is 1. The summed E-state index contributed by atoms with van der Waals surface area (Å²) in [5.41, 5.74) is 1.86. The molecule has 196 valence electrons. The maximum Gasteiger partial charge on any atom is 0.455 e. The number of carbonyl (C=O) groups is 1. The van der Waals surface area contributed by atoms with Crippen molar-refractivity contribution in [3.63, 3.8) is 0 Å². The van der Waals surface area contributed by atoms with Crippen molar-refractivity contribution in [3.05, 3.63) is 81.4 Å². The van der Waals surface area contributed by atoms with Crippen LogP contribution in [0.4, 0.5) is 18.9 Å². The van der Waals surface area contributed by atoms with Crippen molar-refractivity contribution in [3.8, 4) is 11.8 Å². The average Bonchev–Trinajstić information content (AvgIpc) is 3.52. The predicted octanol–water partition coefficient (Wildman–Crippen LogP) is 3.22. The summed E-state index contributed by atoms with van der Waals surface area (Å²) >= 11 is 6.35. The number of nitrogens with one attached hydrogen (secondary N) is 2. The van der Waals surface area contributed by atoms with Gasteiger partial charge >= 0.3 is 6.18 Å². The Bertz CT molecular complexity index is 1540. The molecule has 1 atom stereocenters. The second-order valence-electron chi connectivity index (χ2n) is 8.02. The van der Waals surface area contributed by atoms with E-state index in [1.807, 2.05) is 6.07 Å². The Balaban J connectivity index is 1.75. The van der Waals surface area contributed by atoms with Gasteiger partial charge in [-0.25, -0.2) is 4.68 Å². The quantitative estimate of drug-likeness (QED) is 0.300. The SMILES string of the molecule is CNC(=O)c1cc(C#N)cc(C)c1NC(O)c1cc(Cn2nnc(C(F)(F)F)n2)nn1-c1ccccc1Cl. The Labute approximate surface area is 218 Å². The zero-order valence-corrected chi connectivity index (χ0v) is 20.6. The highest BCUT2D eigenvalue weighted by atomic mass is 35.5. The largest absolute Gasteiger partial charge is 0.455 e. The summed E-state index contributed by atoms with van der Waals surface area (Å²) in [6, 6.07) is 13.0. The van der Waals surface area contributed by atoms with E-state index in [9.17, 15) is 28.3 Å². The molecule has 15 heteroatoms. The lowest BCUT2D eigenvalue weighted by atomic mass is 10.0. The van der Waals surface area contributed by atoms with Crippen LogP contribution in [0.3, 0.4) is 0 Å². The number of rotatable bonds is 7. The Morgan fingerprint density at radius 3 is 2.61 bits per heavy atom. The molecule has 4 aromatic rings. The highest BCUT2D eigenvalue weighted by Crippen LogP contribution is 2.30. The molecule has 11 nitrogen and oxygen atoms in total. The molecular weight excluding hydrogens is 527 g/mol. The number of hydrogen-bond donors (Lipinski definition) is 3. The normalized spacial score (nSPS) is 12.2. The van der Waals surface area contributed by atoms with Crippen molar-refractivity contribution in [1.29, 1.82) is 5.26 Å². The molecular formula is C23H19ClF3N9O2. The first-order valence-corrected chi connectivity index (χ1v) is 11.3. The lowest BCUT2D eigenvalue weighted by Crippen LogP contribution is -2.22. The molecule has 0 aliphatic carbocycles. The van der Waals surface area contributed by atoms with Gasteiger partial charge < -0.3 is 15.7 Å². The van der Waals surface area contributed by atoms with Gasteiger partial charge in [-0.2, -0.15) is 28.3 Å². The van der Waals surface area contributed by atoms with Gasteiger partial charge in [-0.15, -0.1) is 10.2 Å². The van der Waals surface area contributed by atoms with E-state index in [-0.39, 0.29) is 39.8 Å². The summed E-state index contributed by atoms with van der Waals surface area (Å²) < 4.78 is 40.0. The molecule has 0 radical (unpaired) electrons. The molecule has 0 saturated carbocycles. The zero-order chi connectivity index (χ0) is 27.6. The summed E-state index contributed by atoms with van der Waals surface area (Å²) in [5.74, 6) is -1.89. The lowest BCUT2D eigenvalue weighted by molar-refractivity contribution is -0.145. The number of aliphatic hydroxyl groups is 1. The minimum atomic E-state index is -4.76. The Hall–Kier alpha value is -4.48. The number of amides is 1. The van der Waals surface area contributed by atoms with Crippen LogP contribution in [-0.2, 0) is 12.7 Å². The molecule has 0 saturated heterocycles. The highest BCUT2D eigenvalue weighted by Gasteiger charge is 2.37. The van der Waals surface area contributed by atoms with E-state index < -0.39 is 24.1 Å². The number of halogens is 4. The van der Waals surface area contributed by atoms with E-state index in [1.165, 1.54) is 23.9 Å². The van der Waals surface area contributed by atoms with Crippen molar-refractivity contribution in [1.82, 2.24) is 35.3 Å². The van der Waals surface area contributed by atoms with Crippen molar-refractivity contribution >= 4 is 23.2 Å².